The molecule has 0 bridgehead atoms. The molecule has 0 radical (unpaired) electrons. The molecule has 0 saturated carbocycles. The molecule has 9 heavy (non-hydrogen) atoms. The molecule has 0 aromatic heterocycles. The Kier molecular flexibility index (Phi) is 5.94. The molecule has 0 unspecified atom stereocenters. The van der Waals surface area contributed by atoms with Crippen LogP contribution in [0, 0.1) is 5.92 Å². The summed E-state index contributed by atoms with van der Waals surface area (Å²) in [4.78, 5) is 0. The van der Waals surface area contributed by atoms with Crippen molar-refractivity contribution in [3.05, 3.63) is 0 Å². The summed E-state index contributed by atoms with van der Waals surface area (Å²) in [6.07, 6.45) is 1.03. The molecule has 0 aromatic rings. The van der Waals surface area contributed by atoms with E-state index in [1.165, 1.54) is 0 Å². The van der Waals surface area contributed by atoms with Crippen molar-refractivity contribution in [2.75, 3.05) is 19.9 Å². The van der Waals surface area contributed by atoms with Gasteiger partial charge in [0.1, 0.15) is 6.67 Å². The van der Waals surface area contributed by atoms with Gasteiger partial charge in [0.2, 0.25) is 0 Å². The third-order valence-corrected chi connectivity index (χ3v) is 1.06. The van der Waals surface area contributed by atoms with Gasteiger partial charge in [-0.1, -0.05) is 13.8 Å². The number of alkyl halides is 1. The maximum atomic E-state index is 11.4. The van der Waals surface area contributed by atoms with E-state index in [1.807, 2.05) is 0 Å². The summed E-state index contributed by atoms with van der Waals surface area (Å²) >= 11 is 0. The van der Waals surface area contributed by atoms with Crippen LogP contribution in [0.4, 0.5) is 4.39 Å². The Labute approximate surface area is 56.2 Å². The highest BCUT2D eigenvalue weighted by Crippen LogP contribution is 1.98. The molecule has 0 rings (SSSR count). The fourth-order valence-electron chi connectivity index (χ4n) is 0.476. The predicted molar refractivity (Wildman–Crippen MR) is 36.2 cm³/mol. The van der Waals surface area contributed by atoms with Gasteiger partial charge in [-0.3, -0.25) is 0 Å². The van der Waals surface area contributed by atoms with E-state index in [4.69, 9.17) is 4.74 Å². The third kappa shape index (κ3) is 7.89. The molecular weight excluding hydrogens is 119 g/mol. The molecule has 0 saturated heterocycles. The summed E-state index contributed by atoms with van der Waals surface area (Å²) in [6.45, 7) is 4.84. The fourth-order valence-corrected chi connectivity index (χ4v) is 0.476. The molecule has 56 valence electrons. The second-order valence-electron chi connectivity index (χ2n) is 2.48. The third-order valence-electron chi connectivity index (χ3n) is 1.06. The summed E-state index contributed by atoms with van der Waals surface area (Å²) in [5.41, 5.74) is 0. The van der Waals surface area contributed by atoms with E-state index in [0.29, 0.717) is 12.5 Å². The summed E-state index contributed by atoms with van der Waals surface area (Å²) in [6, 6.07) is 0. The van der Waals surface area contributed by atoms with E-state index in [9.17, 15) is 4.39 Å². The van der Waals surface area contributed by atoms with Gasteiger partial charge in [-0.15, -0.1) is 0 Å². The number of hydrogen-bond acceptors (Lipinski definition) is 1. The van der Waals surface area contributed by atoms with Crippen molar-refractivity contribution in [3.63, 3.8) is 0 Å². The standard InChI is InChI=1S/C7H15FO/c1-7(2)3-5-9-6-4-8/h7H,3-6H2,1-2H3. The Morgan fingerprint density at radius 3 is 2.44 bits per heavy atom. The number of rotatable bonds is 5. The van der Waals surface area contributed by atoms with Crippen molar-refractivity contribution in [2.45, 2.75) is 20.3 Å². The lowest BCUT2D eigenvalue weighted by Gasteiger charge is -2.03. The lowest BCUT2D eigenvalue weighted by Crippen LogP contribution is -2.01. The smallest absolute Gasteiger partial charge is 0.113 e. The van der Waals surface area contributed by atoms with Crippen LogP contribution < -0.4 is 0 Å². The highest BCUT2D eigenvalue weighted by atomic mass is 19.1. The van der Waals surface area contributed by atoms with Gasteiger partial charge in [0, 0.05) is 6.61 Å². The van der Waals surface area contributed by atoms with E-state index in [0.717, 1.165) is 6.42 Å². The molecule has 0 N–H and O–H groups in total. The van der Waals surface area contributed by atoms with Crippen molar-refractivity contribution in [2.24, 2.45) is 5.92 Å². The molecule has 2 heteroatoms. The zero-order valence-corrected chi connectivity index (χ0v) is 6.19. The molecule has 1 nitrogen and oxygen atoms in total. The molecule has 0 amide bonds. The van der Waals surface area contributed by atoms with Gasteiger partial charge in [-0.2, -0.15) is 0 Å². The van der Waals surface area contributed by atoms with Gasteiger partial charge in [0.05, 0.1) is 6.61 Å². The first-order valence-corrected chi connectivity index (χ1v) is 3.41. The normalized spacial score (nSPS) is 10.7. The van der Waals surface area contributed by atoms with E-state index in [-0.39, 0.29) is 13.3 Å². The van der Waals surface area contributed by atoms with Crippen LogP contribution in [-0.2, 0) is 4.74 Å². The van der Waals surface area contributed by atoms with Crippen LogP contribution in [0.5, 0.6) is 0 Å². The van der Waals surface area contributed by atoms with E-state index in [2.05, 4.69) is 13.8 Å². The van der Waals surface area contributed by atoms with Crippen LogP contribution in [-0.4, -0.2) is 19.9 Å². The van der Waals surface area contributed by atoms with Crippen molar-refractivity contribution in [1.29, 1.82) is 0 Å². The van der Waals surface area contributed by atoms with E-state index < -0.39 is 0 Å². The summed E-state index contributed by atoms with van der Waals surface area (Å²) in [7, 11) is 0. The minimum atomic E-state index is -0.363. The molecule has 0 atom stereocenters. The quantitative estimate of drug-likeness (QED) is 0.523. The van der Waals surface area contributed by atoms with Crippen molar-refractivity contribution in [3.8, 4) is 0 Å². The van der Waals surface area contributed by atoms with Gasteiger partial charge in [-0.05, 0) is 12.3 Å². The fraction of sp³-hybridized carbons (Fsp3) is 1.00. The first-order chi connectivity index (χ1) is 4.27. The van der Waals surface area contributed by atoms with Gasteiger partial charge in [-0.25, -0.2) is 4.39 Å². The second-order valence-corrected chi connectivity index (χ2v) is 2.48. The van der Waals surface area contributed by atoms with Crippen LogP contribution in [0.15, 0.2) is 0 Å². The zero-order chi connectivity index (χ0) is 7.11. The van der Waals surface area contributed by atoms with Crippen molar-refractivity contribution >= 4 is 0 Å². The largest absolute Gasteiger partial charge is 0.379 e. The van der Waals surface area contributed by atoms with E-state index >= 15 is 0 Å². The van der Waals surface area contributed by atoms with Crippen LogP contribution in [0.25, 0.3) is 0 Å². The SMILES string of the molecule is CC(C)CCOCCF. The Morgan fingerprint density at radius 2 is 2.00 bits per heavy atom. The predicted octanol–water partition coefficient (Wildman–Crippen LogP) is 2.02. The highest BCUT2D eigenvalue weighted by molar-refractivity contribution is 4.41. The number of ether oxygens (including phenoxy) is 1. The average Bonchev–Trinajstić information content (AvgIpc) is 1.80. The van der Waals surface area contributed by atoms with E-state index in [1.54, 1.807) is 0 Å². The Morgan fingerprint density at radius 1 is 1.33 bits per heavy atom. The van der Waals surface area contributed by atoms with Gasteiger partial charge < -0.3 is 4.74 Å². The first-order valence-electron chi connectivity index (χ1n) is 3.41. The summed E-state index contributed by atoms with van der Waals surface area (Å²) in [5, 5.41) is 0. The molecule has 0 aliphatic carbocycles. The zero-order valence-electron chi connectivity index (χ0n) is 6.19. The molecule has 0 aliphatic heterocycles. The second kappa shape index (κ2) is 6.02. The monoisotopic (exact) mass is 134 g/mol. The molecule has 0 heterocycles. The Bertz CT molecular complexity index is 54.9. The summed E-state index contributed by atoms with van der Waals surface area (Å²) < 4.78 is 16.3. The molecule has 0 fully saturated rings. The molecule has 0 aliphatic rings. The topological polar surface area (TPSA) is 9.23 Å². The Balaban J connectivity index is 2.75. The average molecular weight is 134 g/mol. The maximum Gasteiger partial charge on any atom is 0.113 e. The van der Waals surface area contributed by atoms with Crippen molar-refractivity contribution in [1.82, 2.24) is 0 Å². The van der Waals surface area contributed by atoms with Crippen LogP contribution >= 0.6 is 0 Å². The van der Waals surface area contributed by atoms with Gasteiger partial charge in [0.15, 0.2) is 0 Å². The highest BCUT2D eigenvalue weighted by Gasteiger charge is 1.92. The number of hydrogen-bond donors (Lipinski definition) is 0. The van der Waals surface area contributed by atoms with Crippen LogP contribution in [0.3, 0.4) is 0 Å². The lowest BCUT2D eigenvalue weighted by atomic mass is 10.1. The van der Waals surface area contributed by atoms with Crippen LogP contribution in [0.2, 0.25) is 0 Å². The minimum Gasteiger partial charge on any atom is -0.379 e. The minimum absolute atomic E-state index is 0.257. The molecule has 0 spiro atoms. The Hall–Kier alpha value is -0.110. The van der Waals surface area contributed by atoms with Crippen LogP contribution in [0.1, 0.15) is 20.3 Å². The van der Waals surface area contributed by atoms with Gasteiger partial charge >= 0.3 is 0 Å². The molecular formula is C7H15FO. The molecule has 0 aromatic carbocycles. The maximum absolute atomic E-state index is 11.4. The van der Waals surface area contributed by atoms with Crippen molar-refractivity contribution < 1.29 is 9.13 Å². The summed E-state index contributed by atoms with van der Waals surface area (Å²) in [5.74, 6) is 0.657. The lowest BCUT2D eigenvalue weighted by molar-refractivity contribution is 0.110. The van der Waals surface area contributed by atoms with Gasteiger partial charge in [0.25, 0.3) is 0 Å². The number of halogens is 1. The first kappa shape index (κ1) is 8.89.